The average Bonchev–Trinajstić information content (AvgIpc) is 2.94. The Morgan fingerprint density at radius 3 is 2.82 bits per heavy atom. The molecular formula is C14H15ClN4O2S. The molecule has 0 radical (unpaired) electrons. The van der Waals surface area contributed by atoms with E-state index in [4.69, 9.17) is 12.2 Å². The number of carboxylic acid groups (broad SMARTS) is 1. The highest BCUT2D eigenvalue weighted by molar-refractivity contribution is 7.80. The van der Waals surface area contributed by atoms with E-state index in [2.05, 4.69) is 15.3 Å². The first-order valence-electron chi connectivity index (χ1n) is 6.52. The van der Waals surface area contributed by atoms with Crippen LogP contribution in [-0.2, 0) is 17.8 Å². The minimum Gasteiger partial charge on any atom is -0.480 e. The summed E-state index contributed by atoms with van der Waals surface area (Å²) in [4.78, 5) is 20.3. The van der Waals surface area contributed by atoms with Crippen LogP contribution in [0.2, 0.25) is 0 Å². The Labute approximate surface area is 139 Å². The van der Waals surface area contributed by atoms with E-state index in [0.717, 1.165) is 17.1 Å². The fraction of sp³-hybridized carbons (Fsp3) is 0.214. The van der Waals surface area contributed by atoms with Crippen molar-refractivity contribution in [3.63, 3.8) is 0 Å². The number of anilines is 1. The number of rotatable bonds is 2. The number of hydrogen-bond donors (Lipinski definition) is 3. The number of thiocarbonyl (C=S) groups is 1. The van der Waals surface area contributed by atoms with E-state index in [9.17, 15) is 9.90 Å². The Balaban J connectivity index is 0.00000176. The van der Waals surface area contributed by atoms with Gasteiger partial charge in [-0.3, -0.25) is 0 Å². The van der Waals surface area contributed by atoms with Crippen molar-refractivity contribution in [2.24, 2.45) is 0 Å². The first kappa shape index (κ1) is 16.3. The second kappa shape index (κ2) is 6.76. The first-order chi connectivity index (χ1) is 10.1. The summed E-state index contributed by atoms with van der Waals surface area (Å²) in [6.07, 6.45) is 1.92. The van der Waals surface area contributed by atoms with Crippen molar-refractivity contribution in [3.05, 3.63) is 48.0 Å². The third-order valence-corrected chi connectivity index (χ3v) is 3.81. The van der Waals surface area contributed by atoms with Gasteiger partial charge in [-0.05, 0) is 24.4 Å². The van der Waals surface area contributed by atoms with Gasteiger partial charge in [-0.1, -0.05) is 18.2 Å². The number of fused-ring (bicyclic) bond motifs is 1. The van der Waals surface area contributed by atoms with E-state index in [1.165, 1.54) is 0 Å². The number of imidazole rings is 1. The number of aliphatic carboxylic acids is 1. The summed E-state index contributed by atoms with van der Waals surface area (Å²) >= 11 is 5.37. The Morgan fingerprint density at radius 2 is 2.14 bits per heavy atom. The zero-order valence-electron chi connectivity index (χ0n) is 11.5. The molecule has 1 aromatic carbocycles. The van der Waals surface area contributed by atoms with Crippen LogP contribution in [0.15, 0.2) is 36.7 Å². The Hall–Kier alpha value is -2.12. The molecule has 1 atom stereocenters. The van der Waals surface area contributed by atoms with Crippen molar-refractivity contribution in [1.29, 1.82) is 0 Å². The number of H-pyrrole nitrogens is 1. The number of aromatic nitrogens is 2. The summed E-state index contributed by atoms with van der Waals surface area (Å²) in [6, 6.07) is 8.75. The van der Waals surface area contributed by atoms with Crippen LogP contribution in [0.25, 0.3) is 0 Å². The number of nitrogens with one attached hydrogen (secondary N) is 2. The summed E-state index contributed by atoms with van der Waals surface area (Å²) in [5.41, 5.74) is 2.54. The molecule has 6 nitrogen and oxygen atoms in total. The van der Waals surface area contributed by atoms with Crippen LogP contribution in [0.3, 0.4) is 0 Å². The molecule has 0 bridgehead atoms. The van der Waals surface area contributed by atoms with Crippen molar-refractivity contribution in [1.82, 2.24) is 14.9 Å². The molecule has 8 heteroatoms. The van der Waals surface area contributed by atoms with Crippen LogP contribution in [0, 0.1) is 0 Å². The molecule has 0 aliphatic carbocycles. The monoisotopic (exact) mass is 338 g/mol. The highest BCUT2D eigenvalue weighted by Crippen LogP contribution is 2.22. The largest absolute Gasteiger partial charge is 0.480 e. The average molecular weight is 339 g/mol. The number of nitrogens with zero attached hydrogens (tertiary/aromatic N) is 2. The van der Waals surface area contributed by atoms with Crippen LogP contribution in [-0.4, -0.2) is 37.1 Å². The van der Waals surface area contributed by atoms with Gasteiger partial charge in [0.1, 0.15) is 6.04 Å². The highest BCUT2D eigenvalue weighted by Gasteiger charge is 2.34. The number of carboxylic acids is 1. The van der Waals surface area contributed by atoms with Crippen LogP contribution in [0.4, 0.5) is 5.69 Å². The molecular weight excluding hydrogens is 324 g/mol. The van der Waals surface area contributed by atoms with E-state index >= 15 is 0 Å². The maximum atomic E-state index is 11.5. The molecule has 2 aromatic rings. The molecule has 2 heterocycles. The topological polar surface area (TPSA) is 81.2 Å². The van der Waals surface area contributed by atoms with Gasteiger partial charge in [0.25, 0.3) is 0 Å². The van der Waals surface area contributed by atoms with Gasteiger partial charge < -0.3 is 20.3 Å². The molecule has 1 aliphatic heterocycles. The molecule has 0 saturated heterocycles. The molecule has 0 spiro atoms. The second-order valence-electron chi connectivity index (χ2n) is 4.81. The van der Waals surface area contributed by atoms with E-state index < -0.39 is 12.0 Å². The third kappa shape index (κ3) is 3.20. The van der Waals surface area contributed by atoms with Crippen molar-refractivity contribution >= 4 is 41.4 Å². The SMILES string of the molecule is Cl.O=C(O)C1Cc2nc[nH]c2CN1C(=S)Nc1ccccc1. The molecule has 22 heavy (non-hydrogen) atoms. The van der Waals surface area contributed by atoms with Crippen LogP contribution in [0.1, 0.15) is 11.4 Å². The zero-order chi connectivity index (χ0) is 14.8. The lowest BCUT2D eigenvalue weighted by Gasteiger charge is -2.34. The molecule has 3 N–H and O–H groups in total. The quantitative estimate of drug-likeness (QED) is 0.727. The van der Waals surface area contributed by atoms with Gasteiger partial charge >= 0.3 is 5.97 Å². The first-order valence-corrected chi connectivity index (χ1v) is 6.92. The van der Waals surface area contributed by atoms with E-state index in [1.54, 1.807) is 11.2 Å². The van der Waals surface area contributed by atoms with Crippen LogP contribution in [0.5, 0.6) is 0 Å². The van der Waals surface area contributed by atoms with Crippen LogP contribution >= 0.6 is 24.6 Å². The van der Waals surface area contributed by atoms with Gasteiger partial charge in [-0.2, -0.15) is 0 Å². The fourth-order valence-corrected chi connectivity index (χ4v) is 2.70. The maximum absolute atomic E-state index is 11.5. The lowest BCUT2D eigenvalue weighted by atomic mass is 10.0. The number of benzene rings is 1. The molecule has 1 aliphatic rings. The lowest BCUT2D eigenvalue weighted by Crippen LogP contribution is -2.50. The van der Waals surface area contributed by atoms with Crippen molar-refractivity contribution < 1.29 is 9.90 Å². The van der Waals surface area contributed by atoms with Crippen molar-refractivity contribution in [2.45, 2.75) is 19.0 Å². The summed E-state index contributed by atoms with van der Waals surface area (Å²) in [6.45, 7) is 0.408. The van der Waals surface area contributed by atoms with E-state index in [1.807, 2.05) is 30.3 Å². The predicted octanol–water partition coefficient (Wildman–Crippen LogP) is 2.04. The lowest BCUT2D eigenvalue weighted by molar-refractivity contribution is -0.142. The Kier molecular flexibility index (Phi) is 4.99. The highest BCUT2D eigenvalue weighted by atomic mass is 35.5. The van der Waals surface area contributed by atoms with Gasteiger partial charge in [-0.25, -0.2) is 9.78 Å². The molecule has 1 unspecified atom stereocenters. The third-order valence-electron chi connectivity index (χ3n) is 3.47. The minimum atomic E-state index is -0.902. The maximum Gasteiger partial charge on any atom is 0.326 e. The second-order valence-corrected chi connectivity index (χ2v) is 5.20. The number of carbonyl (C=O) groups is 1. The smallest absolute Gasteiger partial charge is 0.326 e. The van der Waals surface area contributed by atoms with Gasteiger partial charge in [0, 0.05) is 12.1 Å². The molecule has 1 aromatic heterocycles. The van der Waals surface area contributed by atoms with E-state index in [0.29, 0.717) is 18.1 Å². The van der Waals surface area contributed by atoms with Gasteiger partial charge in [0.2, 0.25) is 0 Å². The Bertz CT molecular complexity index is 676. The number of halogens is 1. The van der Waals surface area contributed by atoms with Gasteiger partial charge in [0.05, 0.1) is 24.3 Å². The number of hydrogen-bond acceptors (Lipinski definition) is 3. The molecule has 0 saturated carbocycles. The van der Waals surface area contributed by atoms with Crippen molar-refractivity contribution in [2.75, 3.05) is 5.32 Å². The number of aromatic amines is 1. The van der Waals surface area contributed by atoms with Gasteiger partial charge in [-0.15, -0.1) is 12.4 Å². The Morgan fingerprint density at radius 1 is 1.41 bits per heavy atom. The van der Waals surface area contributed by atoms with Crippen molar-refractivity contribution in [3.8, 4) is 0 Å². The molecule has 0 fully saturated rings. The molecule has 0 amide bonds. The summed E-state index contributed by atoms with van der Waals surface area (Å²) < 4.78 is 0. The normalized spacial score (nSPS) is 16.4. The molecule has 116 valence electrons. The predicted molar refractivity (Wildman–Crippen MR) is 89.2 cm³/mol. The minimum absolute atomic E-state index is 0. The number of para-hydroxylation sites is 1. The van der Waals surface area contributed by atoms with E-state index in [-0.39, 0.29) is 12.4 Å². The van der Waals surface area contributed by atoms with Gasteiger partial charge in [0.15, 0.2) is 5.11 Å². The van der Waals surface area contributed by atoms with Crippen LogP contribution < -0.4 is 5.32 Å². The summed E-state index contributed by atoms with van der Waals surface area (Å²) in [7, 11) is 0. The summed E-state index contributed by atoms with van der Waals surface area (Å²) in [5.74, 6) is -0.902. The zero-order valence-corrected chi connectivity index (χ0v) is 13.2. The summed E-state index contributed by atoms with van der Waals surface area (Å²) in [5, 5.41) is 12.9. The fourth-order valence-electron chi connectivity index (χ4n) is 2.39. The molecule has 3 rings (SSSR count). The standard InChI is InChI=1S/C14H14N4O2S.ClH/c19-13(20)12-6-10-11(16-8-15-10)7-18(12)14(21)17-9-4-2-1-3-5-9;/h1-5,8,12H,6-7H2,(H,15,16)(H,17,21)(H,19,20);1H.